The number of nitrogens with two attached hydrogens (primary N) is 1. The predicted molar refractivity (Wildman–Crippen MR) is 69.2 cm³/mol. The summed E-state index contributed by atoms with van der Waals surface area (Å²) in [4.78, 5) is 0. The molecular weight excluding hydrogens is 256 g/mol. The van der Waals surface area contributed by atoms with Crippen LogP contribution in [-0.4, -0.2) is 19.4 Å². The quantitative estimate of drug-likeness (QED) is 0.927. The van der Waals surface area contributed by atoms with Gasteiger partial charge in [0.25, 0.3) is 0 Å². The summed E-state index contributed by atoms with van der Waals surface area (Å²) < 4.78 is 15.5. The summed E-state index contributed by atoms with van der Waals surface area (Å²) in [7, 11) is 3.10. The van der Waals surface area contributed by atoms with Gasteiger partial charge in [0.15, 0.2) is 11.5 Å². The van der Waals surface area contributed by atoms with Crippen molar-refractivity contribution in [3.8, 4) is 22.6 Å². The average molecular weight is 269 g/mol. The molecule has 0 spiro atoms. The minimum atomic E-state index is 0.209. The number of hydrogen-bond acceptors (Lipinski definition) is 5. The van der Waals surface area contributed by atoms with Crippen molar-refractivity contribution in [2.45, 2.75) is 6.92 Å². The largest absolute Gasteiger partial charge is 0.493 e. The molecule has 1 aromatic heterocycles. The fraction of sp³-hybridized carbons (Fsp3) is 0.250. The van der Waals surface area contributed by atoms with E-state index in [1.807, 2.05) is 6.92 Å². The van der Waals surface area contributed by atoms with Crippen LogP contribution in [0.4, 0.5) is 5.88 Å². The third kappa shape index (κ3) is 1.86. The standard InChI is InChI=1S/C12H13ClN2O3/c1-6-8(13)4-9(16-2)11(17-3)10(6)7-5-15-18-12(7)14/h4-5H,14H2,1-3H3. The Bertz CT molecular complexity index is 581. The molecule has 2 rings (SSSR count). The number of halogens is 1. The van der Waals surface area contributed by atoms with Crippen molar-refractivity contribution in [1.29, 1.82) is 0 Å². The van der Waals surface area contributed by atoms with Gasteiger partial charge in [0, 0.05) is 16.7 Å². The number of nitrogens with zero attached hydrogens (tertiary/aromatic N) is 1. The lowest BCUT2D eigenvalue weighted by molar-refractivity contribution is 0.356. The van der Waals surface area contributed by atoms with Crippen molar-refractivity contribution in [2.75, 3.05) is 20.0 Å². The first-order valence-corrected chi connectivity index (χ1v) is 5.59. The zero-order valence-electron chi connectivity index (χ0n) is 10.3. The molecule has 0 amide bonds. The van der Waals surface area contributed by atoms with Gasteiger partial charge < -0.3 is 19.7 Å². The third-order valence-electron chi connectivity index (χ3n) is 2.73. The minimum Gasteiger partial charge on any atom is -0.493 e. The van der Waals surface area contributed by atoms with E-state index in [0.29, 0.717) is 22.1 Å². The van der Waals surface area contributed by atoms with Crippen LogP contribution < -0.4 is 15.2 Å². The normalized spacial score (nSPS) is 10.4. The van der Waals surface area contributed by atoms with Crippen molar-refractivity contribution in [1.82, 2.24) is 5.16 Å². The average Bonchev–Trinajstić information content (AvgIpc) is 2.78. The van der Waals surface area contributed by atoms with Crippen LogP contribution in [0.5, 0.6) is 11.5 Å². The SMILES string of the molecule is COc1cc(Cl)c(C)c(-c2cnoc2N)c1OC. The molecule has 0 aliphatic heterocycles. The topological polar surface area (TPSA) is 70.5 Å². The maximum absolute atomic E-state index is 6.17. The highest BCUT2D eigenvalue weighted by atomic mass is 35.5. The molecule has 6 heteroatoms. The van der Waals surface area contributed by atoms with Gasteiger partial charge in [-0.25, -0.2) is 0 Å². The number of anilines is 1. The molecule has 0 unspecified atom stereocenters. The second kappa shape index (κ2) is 4.78. The van der Waals surface area contributed by atoms with Gasteiger partial charge in [-0.15, -0.1) is 0 Å². The summed E-state index contributed by atoms with van der Waals surface area (Å²) in [5, 5.41) is 4.22. The first-order chi connectivity index (χ1) is 8.60. The van der Waals surface area contributed by atoms with Gasteiger partial charge in [0.05, 0.1) is 26.0 Å². The Morgan fingerprint density at radius 1 is 1.33 bits per heavy atom. The molecule has 2 N–H and O–H groups in total. The Hall–Kier alpha value is -1.88. The molecular formula is C12H13ClN2O3. The smallest absolute Gasteiger partial charge is 0.230 e. The highest BCUT2D eigenvalue weighted by molar-refractivity contribution is 6.32. The van der Waals surface area contributed by atoms with Crippen LogP contribution in [0.3, 0.4) is 0 Å². The number of nitrogen functional groups attached to an aromatic ring is 1. The molecule has 18 heavy (non-hydrogen) atoms. The molecule has 5 nitrogen and oxygen atoms in total. The second-order valence-corrected chi connectivity index (χ2v) is 4.10. The molecule has 0 saturated heterocycles. The lowest BCUT2D eigenvalue weighted by atomic mass is 10.0. The minimum absolute atomic E-state index is 0.209. The van der Waals surface area contributed by atoms with Crippen molar-refractivity contribution in [2.24, 2.45) is 0 Å². The van der Waals surface area contributed by atoms with Gasteiger partial charge >= 0.3 is 0 Å². The summed E-state index contributed by atoms with van der Waals surface area (Å²) >= 11 is 6.17. The van der Waals surface area contributed by atoms with E-state index >= 15 is 0 Å². The summed E-state index contributed by atoms with van der Waals surface area (Å²) in [6.45, 7) is 1.87. The van der Waals surface area contributed by atoms with Crippen molar-refractivity contribution >= 4 is 17.5 Å². The number of ether oxygens (including phenoxy) is 2. The Labute approximate surface area is 109 Å². The monoisotopic (exact) mass is 268 g/mol. The second-order valence-electron chi connectivity index (χ2n) is 3.70. The lowest BCUT2D eigenvalue weighted by Gasteiger charge is -2.15. The van der Waals surface area contributed by atoms with Crippen molar-refractivity contribution < 1.29 is 14.0 Å². The first kappa shape index (κ1) is 12.6. The molecule has 0 atom stereocenters. The van der Waals surface area contributed by atoms with Gasteiger partial charge in [0.1, 0.15) is 0 Å². The molecule has 0 saturated carbocycles. The van der Waals surface area contributed by atoms with Crippen LogP contribution in [-0.2, 0) is 0 Å². The van der Waals surface area contributed by atoms with E-state index in [4.69, 9.17) is 31.3 Å². The van der Waals surface area contributed by atoms with Crippen molar-refractivity contribution in [3.63, 3.8) is 0 Å². The maximum atomic E-state index is 6.17. The molecule has 0 radical (unpaired) electrons. The number of aromatic nitrogens is 1. The third-order valence-corrected chi connectivity index (χ3v) is 3.13. The van der Waals surface area contributed by atoms with Crippen LogP contribution in [0, 0.1) is 6.92 Å². The first-order valence-electron chi connectivity index (χ1n) is 5.21. The van der Waals surface area contributed by atoms with E-state index in [1.165, 1.54) is 6.20 Å². The van der Waals surface area contributed by atoms with Crippen LogP contribution >= 0.6 is 11.6 Å². The predicted octanol–water partition coefficient (Wildman–Crippen LogP) is 2.90. The molecule has 0 bridgehead atoms. The van der Waals surface area contributed by atoms with Gasteiger partial charge in [-0.05, 0) is 12.5 Å². The summed E-state index contributed by atoms with van der Waals surface area (Å²) in [6.07, 6.45) is 1.52. The highest BCUT2D eigenvalue weighted by Crippen LogP contribution is 2.45. The van der Waals surface area contributed by atoms with Crippen LogP contribution in [0.1, 0.15) is 5.56 Å². The van der Waals surface area contributed by atoms with Crippen LogP contribution in [0.15, 0.2) is 16.8 Å². The van der Waals surface area contributed by atoms with Crippen LogP contribution in [0.25, 0.3) is 11.1 Å². The van der Waals surface area contributed by atoms with Gasteiger partial charge in [-0.2, -0.15) is 0 Å². The Morgan fingerprint density at radius 2 is 2.06 bits per heavy atom. The summed E-state index contributed by atoms with van der Waals surface area (Å²) in [5.74, 6) is 1.29. The van der Waals surface area contributed by atoms with E-state index in [0.717, 1.165) is 11.1 Å². The Morgan fingerprint density at radius 3 is 2.56 bits per heavy atom. The van der Waals surface area contributed by atoms with E-state index in [2.05, 4.69) is 5.16 Å². The zero-order valence-corrected chi connectivity index (χ0v) is 11.0. The van der Waals surface area contributed by atoms with Gasteiger partial charge in [-0.3, -0.25) is 0 Å². The fourth-order valence-electron chi connectivity index (χ4n) is 1.82. The lowest BCUT2D eigenvalue weighted by Crippen LogP contribution is -1.97. The molecule has 2 aromatic rings. The Balaban J connectivity index is 2.79. The zero-order chi connectivity index (χ0) is 13.3. The van der Waals surface area contributed by atoms with E-state index in [9.17, 15) is 0 Å². The highest BCUT2D eigenvalue weighted by Gasteiger charge is 2.21. The molecule has 1 heterocycles. The van der Waals surface area contributed by atoms with Crippen LogP contribution in [0.2, 0.25) is 5.02 Å². The Kier molecular flexibility index (Phi) is 3.34. The molecule has 1 aromatic carbocycles. The number of hydrogen-bond donors (Lipinski definition) is 1. The fourth-order valence-corrected chi connectivity index (χ4v) is 2.01. The number of benzene rings is 1. The number of rotatable bonds is 3. The number of methoxy groups -OCH3 is 2. The van der Waals surface area contributed by atoms with Gasteiger partial charge in [-0.1, -0.05) is 16.8 Å². The van der Waals surface area contributed by atoms with Gasteiger partial charge in [0.2, 0.25) is 5.88 Å². The molecule has 0 aliphatic rings. The summed E-state index contributed by atoms with van der Waals surface area (Å²) in [5.41, 5.74) is 7.91. The molecule has 0 aliphatic carbocycles. The van der Waals surface area contributed by atoms with E-state index in [1.54, 1.807) is 20.3 Å². The van der Waals surface area contributed by atoms with E-state index < -0.39 is 0 Å². The van der Waals surface area contributed by atoms with E-state index in [-0.39, 0.29) is 5.88 Å². The summed E-state index contributed by atoms with van der Waals surface area (Å²) in [6, 6.07) is 1.70. The molecule has 0 fully saturated rings. The van der Waals surface area contributed by atoms with Crippen molar-refractivity contribution in [3.05, 3.63) is 22.8 Å². The molecule has 96 valence electrons. The maximum Gasteiger partial charge on any atom is 0.230 e.